The van der Waals surface area contributed by atoms with E-state index in [1.54, 1.807) is 7.11 Å². The van der Waals surface area contributed by atoms with Crippen molar-refractivity contribution in [2.24, 2.45) is 0 Å². The van der Waals surface area contributed by atoms with Crippen molar-refractivity contribution in [3.8, 4) is 17.2 Å². The molecule has 1 aromatic heterocycles. The molecule has 0 saturated carbocycles. The monoisotopic (exact) mass is 415 g/mol. The van der Waals surface area contributed by atoms with Crippen LogP contribution in [-0.4, -0.2) is 29.3 Å². The van der Waals surface area contributed by atoms with E-state index in [4.69, 9.17) is 9.15 Å². The predicted molar refractivity (Wildman–Crippen MR) is 105 cm³/mol. The molecule has 1 atom stereocenters. The molecule has 0 N–H and O–H groups in total. The van der Waals surface area contributed by atoms with E-state index in [9.17, 15) is 0 Å². The van der Waals surface area contributed by atoms with Crippen molar-refractivity contribution in [1.29, 1.82) is 0 Å². The molecular weight excluding hydrogens is 394 g/mol. The van der Waals surface area contributed by atoms with Gasteiger partial charge in [0.1, 0.15) is 5.75 Å². The summed E-state index contributed by atoms with van der Waals surface area (Å²) in [6, 6.07) is 14.0. The van der Waals surface area contributed by atoms with Crippen molar-refractivity contribution >= 4 is 15.9 Å². The fraction of sp³-hybridized carbons (Fsp3) is 0.300. The summed E-state index contributed by atoms with van der Waals surface area (Å²) < 4.78 is 12.4. The lowest BCUT2D eigenvalue weighted by Crippen LogP contribution is -2.22. The minimum absolute atomic E-state index is 0.0228. The average Bonchev–Trinajstić information content (AvgIpc) is 3.12. The number of ether oxygens (including phenoxy) is 1. The van der Waals surface area contributed by atoms with Gasteiger partial charge in [0.2, 0.25) is 11.8 Å². The number of nitrogens with zero attached hydrogens (tertiary/aromatic N) is 3. The molecular formula is C20H22BrN3O2. The molecule has 136 valence electrons. The van der Waals surface area contributed by atoms with Gasteiger partial charge in [-0.3, -0.25) is 4.90 Å². The lowest BCUT2D eigenvalue weighted by Gasteiger charge is -2.23. The summed E-state index contributed by atoms with van der Waals surface area (Å²) in [5, 5.41) is 8.44. The van der Waals surface area contributed by atoms with Crippen LogP contribution >= 0.6 is 15.9 Å². The number of hydrogen-bond donors (Lipinski definition) is 0. The zero-order valence-corrected chi connectivity index (χ0v) is 16.9. The summed E-state index contributed by atoms with van der Waals surface area (Å²) >= 11 is 3.52. The normalized spacial score (nSPS) is 12.4. The van der Waals surface area contributed by atoms with Crippen LogP contribution in [0.3, 0.4) is 0 Å². The van der Waals surface area contributed by atoms with Gasteiger partial charge >= 0.3 is 0 Å². The number of hydrogen-bond acceptors (Lipinski definition) is 5. The summed E-state index contributed by atoms with van der Waals surface area (Å²) in [7, 11) is 3.71. The Labute approximate surface area is 162 Å². The molecule has 0 aliphatic carbocycles. The van der Waals surface area contributed by atoms with E-state index in [1.807, 2.05) is 43.4 Å². The van der Waals surface area contributed by atoms with E-state index in [-0.39, 0.29) is 6.04 Å². The van der Waals surface area contributed by atoms with Gasteiger partial charge in [-0.05, 0) is 51.2 Å². The number of methoxy groups -OCH3 is 1. The minimum atomic E-state index is -0.0228. The molecule has 6 heteroatoms. The number of aromatic nitrogens is 2. The first kappa shape index (κ1) is 18.6. The van der Waals surface area contributed by atoms with Crippen molar-refractivity contribution in [2.75, 3.05) is 14.2 Å². The maximum Gasteiger partial charge on any atom is 0.247 e. The first-order chi connectivity index (χ1) is 12.5. The third-order valence-electron chi connectivity index (χ3n) is 4.42. The SMILES string of the molecule is COc1ccc(Br)cc1CN(C)[C@@H](C)c1nnc(-c2ccc(C)cc2)o1. The maximum atomic E-state index is 5.91. The summed E-state index contributed by atoms with van der Waals surface area (Å²) in [5.74, 6) is 2.00. The van der Waals surface area contributed by atoms with Crippen LogP contribution in [0.2, 0.25) is 0 Å². The van der Waals surface area contributed by atoms with Gasteiger partial charge in [-0.2, -0.15) is 0 Å². The van der Waals surface area contributed by atoms with Crippen molar-refractivity contribution in [3.05, 3.63) is 64.0 Å². The highest BCUT2D eigenvalue weighted by Crippen LogP contribution is 2.28. The van der Waals surface area contributed by atoms with E-state index in [0.717, 1.165) is 21.3 Å². The Morgan fingerprint density at radius 2 is 1.88 bits per heavy atom. The molecule has 0 spiro atoms. The fourth-order valence-corrected chi connectivity index (χ4v) is 3.09. The van der Waals surface area contributed by atoms with E-state index < -0.39 is 0 Å². The van der Waals surface area contributed by atoms with Crippen molar-refractivity contribution in [1.82, 2.24) is 15.1 Å². The van der Waals surface area contributed by atoms with E-state index in [2.05, 4.69) is 50.9 Å². The second-order valence-corrected chi connectivity index (χ2v) is 7.27. The quantitative estimate of drug-likeness (QED) is 0.566. The van der Waals surface area contributed by atoms with E-state index in [1.165, 1.54) is 5.56 Å². The summed E-state index contributed by atoms with van der Waals surface area (Å²) in [5.41, 5.74) is 3.22. The Morgan fingerprint density at radius 1 is 1.15 bits per heavy atom. The summed E-state index contributed by atoms with van der Waals surface area (Å²) in [6.45, 7) is 4.80. The van der Waals surface area contributed by atoms with Crippen molar-refractivity contribution < 1.29 is 9.15 Å². The Balaban J connectivity index is 1.76. The molecule has 0 amide bonds. The standard InChI is InChI=1S/C20H22BrN3O2/c1-13-5-7-15(8-6-13)20-23-22-19(26-20)14(2)24(3)12-16-11-17(21)9-10-18(16)25-4/h5-11,14H,12H2,1-4H3/t14-/m0/s1. The van der Waals surface area contributed by atoms with Gasteiger partial charge < -0.3 is 9.15 Å². The molecule has 1 heterocycles. The largest absolute Gasteiger partial charge is 0.496 e. The highest BCUT2D eigenvalue weighted by Gasteiger charge is 2.20. The van der Waals surface area contributed by atoms with Gasteiger partial charge in [-0.15, -0.1) is 10.2 Å². The molecule has 0 aliphatic heterocycles. The number of rotatable bonds is 6. The zero-order valence-electron chi connectivity index (χ0n) is 15.4. The van der Waals surface area contributed by atoms with Crippen LogP contribution in [0.4, 0.5) is 0 Å². The molecule has 0 saturated heterocycles. The van der Waals surface area contributed by atoms with Crippen LogP contribution < -0.4 is 4.74 Å². The lowest BCUT2D eigenvalue weighted by molar-refractivity contribution is 0.215. The molecule has 2 aromatic carbocycles. The Morgan fingerprint density at radius 3 is 2.58 bits per heavy atom. The van der Waals surface area contributed by atoms with E-state index >= 15 is 0 Å². The highest BCUT2D eigenvalue weighted by molar-refractivity contribution is 9.10. The van der Waals surface area contributed by atoms with Gasteiger partial charge in [0, 0.05) is 22.1 Å². The van der Waals surface area contributed by atoms with Gasteiger partial charge in [0.15, 0.2) is 0 Å². The first-order valence-corrected chi connectivity index (χ1v) is 9.20. The molecule has 3 aromatic rings. The van der Waals surface area contributed by atoms with Crippen LogP contribution in [0.15, 0.2) is 51.4 Å². The zero-order chi connectivity index (χ0) is 18.7. The molecule has 0 aliphatic rings. The topological polar surface area (TPSA) is 51.4 Å². The van der Waals surface area contributed by atoms with Gasteiger partial charge in [0.25, 0.3) is 0 Å². The predicted octanol–water partition coefficient (Wildman–Crippen LogP) is 5.01. The third-order valence-corrected chi connectivity index (χ3v) is 4.91. The van der Waals surface area contributed by atoms with Gasteiger partial charge in [-0.25, -0.2) is 0 Å². The van der Waals surface area contributed by atoms with Crippen LogP contribution in [0.25, 0.3) is 11.5 Å². The minimum Gasteiger partial charge on any atom is -0.496 e. The van der Waals surface area contributed by atoms with Crippen LogP contribution in [0.1, 0.15) is 30.0 Å². The Bertz CT molecular complexity index is 877. The average molecular weight is 416 g/mol. The molecule has 0 bridgehead atoms. The molecule has 5 nitrogen and oxygen atoms in total. The van der Waals surface area contributed by atoms with Crippen molar-refractivity contribution in [3.63, 3.8) is 0 Å². The third kappa shape index (κ3) is 4.14. The van der Waals surface area contributed by atoms with Crippen molar-refractivity contribution in [2.45, 2.75) is 26.4 Å². The number of aryl methyl sites for hydroxylation is 1. The summed E-state index contributed by atoms with van der Waals surface area (Å²) in [4.78, 5) is 2.15. The van der Waals surface area contributed by atoms with Gasteiger partial charge in [0.05, 0.1) is 13.2 Å². The second-order valence-electron chi connectivity index (χ2n) is 6.36. The first-order valence-electron chi connectivity index (χ1n) is 8.41. The van der Waals surface area contributed by atoms with Crippen LogP contribution in [0, 0.1) is 6.92 Å². The summed E-state index contributed by atoms with van der Waals surface area (Å²) in [6.07, 6.45) is 0. The highest BCUT2D eigenvalue weighted by atomic mass is 79.9. The molecule has 0 unspecified atom stereocenters. The second kappa shape index (κ2) is 8.01. The number of benzene rings is 2. The molecule has 0 fully saturated rings. The molecule has 3 rings (SSSR count). The molecule has 0 radical (unpaired) electrons. The Kier molecular flexibility index (Phi) is 5.74. The van der Waals surface area contributed by atoms with Crippen LogP contribution in [-0.2, 0) is 6.54 Å². The Hall–Kier alpha value is -2.18. The lowest BCUT2D eigenvalue weighted by atomic mass is 10.1. The molecule has 26 heavy (non-hydrogen) atoms. The fourth-order valence-electron chi connectivity index (χ4n) is 2.68. The number of halogens is 1. The maximum absolute atomic E-state index is 5.91. The smallest absolute Gasteiger partial charge is 0.247 e. The van der Waals surface area contributed by atoms with Crippen LogP contribution in [0.5, 0.6) is 5.75 Å². The van der Waals surface area contributed by atoms with E-state index in [0.29, 0.717) is 18.3 Å². The van der Waals surface area contributed by atoms with Gasteiger partial charge in [-0.1, -0.05) is 33.6 Å².